The second kappa shape index (κ2) is 7.98. The van der Waals surface area contributed by atoms with Crippen molar-refractivity contribution in [2.45, 2.75) is 11.4 Å². The number of amides is 2. The van der Waals surface area contributed by atoms with Crippen molar-refractivity contribution in [2.75, 3.05) is 24.3 Å². The quantitative estimate of drug-likeness (QED) is 0.593. The number of rotatable bonds is 4. The monoisotopic (exact) mass is 448 g/mol. The Morgan fingerprint density at radius 1 is 1.09 bits per heavy atom. The summed E-state index contributed by atoms with van der Waals surface area (Å²) in [7, 11) is 1.57. The molecule has 7 heteroatoms. The molecular formula is C25H21FN2O3S. The third kappa shape index (κ3) is 3.15. The third-order valence-electron chi connectivity index (χ3n) is 5.91. The molecule has 0 aromatic heterocycles. The van der Waals surface area contributed by atoms with Gasteiger partial charge in [-0.05, 0) is 48.0 Å². The van der Waals surface area contributed by atoms with E-state index in [1.165, 1.54) is 23.9 Å². The van der Waals surface area contributed by atoms with Crippen LogP contribution < -0.4 is 9.64 Å². The molecule has 0 aliphatic carbocycles. The maximum atomic E-state index is 13.9. The van der Waals surface area contributed by atoms with E-state index in [1.54, 1.807) is 53.3 Å². The van der Waals surface area contributed by atoms with Crippen molar-refractivity contribution < 1.29 is 18.7 Å². The second-order valence-corrected chi connectivity index (χ2v) is 9.00. The molecule has 2 heterocycles. The van der Waals surface area contributed by atoms with Crippen LogP contribution in [0.4, 0.5) is 10.1 Å². The van der Waals surface area contributed by atoms with Crippen molar-refractivity contribution in [1.82, 2.24) is 4.90 Å². The molecule has 2 aliphatic heterocycles. The van der Waals surface area contributed by atoms with Gasteiger partial charge in [0.1, 0.15) is 11.6 Å². The van der Waals surface area contributed by atoms with Gasteiger partial charge in [0, 0.05) is 23.4 Å². The van der Waals surface area contributed by atoms with Crippen LogP contribution in [0.2, 0.25) is 0 Å². The fourth-order valence-electron chi connectivity index (χ4n) is 4.43. The van der Waals surface area contributed by atoms with Gasteiger partial charge in [0.25, 0.3) is 11.8 Å². The molecule has 3 aromatic carbocycles. The average molecular weight is 449 g/mol. The van der Waals surface area contributed by atoms with E-state index in [0.29, 0.717) is 29.2 Å². The molecule has 0 N–H and O–H groups in total. The first-order valence-electron chi connectivity index (χ1n) is 10.3. The minimum Gasteiger partial charge on any atom is -0.497 e. The first kappa shape index (κ1) is 20.6. The van der Waals surface area contributed by atoms with Crippen LogP contribution in [0.1, 0.15) is 21.5 Å². The number of carbonyl (C=O) groups is 2. The minimum absolute atomic E-state index is 0.174. The van der Waals surface area contributed by atoms with Crippen LogP contribution >= 0.6 is 11.8 Å². The van der Waals surface area contributed by atoms with E-state index in [0.717, 1.165) is 11.3 Å². The van der Waals surface area contributed by atoms with Crippen molar-refractivity contribution in [3.8, 4) is 5.75 Å². The Balaban J connectivity index is 1.55. The molecule has 1 fully saturated rings. The summed E-state index contributed by atoms with van der Waals surface area (Å²) in [5.41, 5.74) is 2.75. The number of fused-ring (bicyclic) bond motifs is 2. The van der Waals surface area contributed by atoms with Crippen LogP contribution in [0, 0.1) is 5.82 Å². The van der Waals surface area contributed by atoms with Gasteiger partial charge in [-0.25, -0.2) is 4.39 Å². The molecule has 5 rings (SSSR count). The predicted octanol–water partition coefficient (Wildman–Crippen LogP) is 4.42. The summed E-state index contributed by atoms with van der Waals surface area (Å²) in [5, 5.41) is 0. The molecule has 1 spiro atoms. The number of hydrogen-bond acceptors (Lipinski definition) is 4. The minimum atomic E-state index is -1.12. The number of thioether (sulfide) groups is 1. The largest absolute Gasteiger partial charge is 0.497 e. The lowest BCUT2D eigenvalue weighted by Gasteiger charge is -2.33. The van der Waals surface area contributed by atoms with Crippen LogP contribution in [0.3, 0.4) is 0 Å². The lowest BCUT2D eigenvalue weighted by atomic mass is 10.0. The summed E-state index contributed by atoms with van der Waals surface area (Å²) in [6.07, 6.45) is 0. The van der Waals surface area contributed by atoms with Gasteiger partial charge >= 0.3 is 0 Å². The Hall–Kier alpha value is -3.32. The molecule has 0 saturated carbocycles. The van der Waals surface area contributed by atoms with E-state index >= 15 is 0 Å². The van der Waals surface area contributed by atoms with Gasteiger partial charge in [-0.1, -0.05) is 30.3 Å². The smallest absolute Gasteiger partial charge is 0.268 e. The highest BCUT2D eigenvalue weighted by Gasteiger charge is 2.59. The fourth-order valence-corrected chi connectivity index (χ4v) is 5.89. The number of carbonyl (C=O) groups excluding carboxylic acids is 2. The van der Waals surface area contributed by atoms with Gasteiger partial charge in [-0.15, -0.1) is 11.8 Å². The van der Waals surface area contributed by atoms with E-state index in [1.807, 2.05) is 24.3 Å². The van der Waals surface area contributed by atoms with E-state index in [2.05, 4.69) is 0 Å². The van der Waals surface area contributed by atoms with Gasteiger partial charge in [-0.3, -0.25) is 9.59 Å². The summed E-state index contributed by atoms with van der Waals surface area (Å²) in [5.74, 6) is 0.593. The molecule has 1 atom stereocenters. The zero-order valence-electron chi connectivity index (χ0n) is 17.5. The molecule has 1 saturated heterocycles. The SMILES string of the molecule is COc1ccc(C(=O)N2CCS[C@]23C(=O)N(Cc2cccc(F)c2)c2ccccc23)cc1. The zero-order chi connectivity index (χ0) is 22.3. The van der Waals surface area contributed by atoms with Crippen molar-refractivity contribution in [1.29, 1.82) is 0 Å². The summed E-state index contributed by atoms with van der Waals surface area (Å²) in [6.45, 7) is 0.698. The molecule has 0 radical (unpaired) electrons. The van der Waals surface area contributed by atoms with Crippen LogP contribution in [0.5, 0.6) is 5.75 Å². The highest BCUT2D eigenvalue weighted by atomic mass is 32.2. The number of hydrogen-bond donors (Lipinski definition) is 0. The van der Waals surface area contributed by atoms with E-state index < -0.39 is 4.87 Å². The van der Waals surface area contributed by atoms with Crippen molar-refractivity contribution >= 4 is 29.3 Å². The van der Waals surface area contributed by atoms with Crippen LogP contribution in [-0.4, -0.2) is 36.1 Å². The maximum absolute atomic E-state index is 13.9. The summed E-state index contributed by atoms with van der Waals surface area (Å²) < 4.78 is 19.0. The number of ether oxygens (including phenoxy) is 1. The molecule has 162 valence electrons. The summed E-state index contributed by atoms with van der Waals surface area (Å²) in [4.78, 5) is 29.7. The zero-order valence-corrected chi connectivity index (χ0v) is 18.3. The Morgan fingerprint density at radius 2 is 1.88 bits per heavy atom. The summed E-state index contributed by atoms with van der Waals surface area (Å²) in [6, 6.07) is 20.7. The standard InChI is InChI=1S/C25H21FN2O3S/c1-31-20-11-9-18(10-12-20)23(29)28-13-14-32-25(28)21-7-2-3-8-22(21)27(24(25)30)16-17-5-4-6-19(26)15-17/h2-12,15H,13-14,16H2,1H3/t25-/m1/s1. The van der Waals surface area contributed by atoms with Gasteiger partial charge in [0.05, 0.1) is 19.3 Å². The molecule has 3 aromatic rings. The maximum Gasteiger partial charge on any atom is 0.268 e. The van der Waals surface area contributed by atoms with E-state index in [9.17, 15) is 14.0 Å². The van der Waals surface area contributed by atoms with Crippen LogP contribution in [0.25, 0.3) is 0 Å². The van der Waals surface area contributed by atoms with Crippen LogP contribution in [-0.2, 0) is 16.2 Å². The molecule has 32 heavy (non-hydrogen) atoms. The van der Waals surface area contributed by atoms with Gasteiger partial charge in [-0.2, -0.15) is 0 Å². The molecule has 2 aliphatic rings. The molecule has 0 unspecified atom stereocenters. The highest BCUT2D eigenvalue weighted by Crippen LogP contribution is 2.54. The molecular weight excluding hydrogens is 427 g/mol. The lowest BCUT2D eigenvalue weighted by molar-refractivity contribution is -0.123. The van der Waals surface area contributed by atoms with Gasteiger partial charge in [0.15, 0.2) is 4.87 Å². The molecule has 0 bridgehead atoms. The number of anilines is 1. The lowest BCUT2D eigenvalue weighted by Crippen LogP contribution is -2.50. The van der Waals surface area contributed by atoms with E-state index in [-0.39, 0.29) is 24.2 Å². The number of nitrogens with zero attached hydrogens (tertiary/aromatic N) is 2. The Kier molecular flexibility index (Phi) is 5.13. The Labute approximate surface area is 189 Å². The molecule has 5 nitrogen and oxygen atoms in total. The average Bonchev–Trinajstić information content (AvgIpc) is 3.36. The number of benzene rings is 3. The van der Waals surface area contributed by atoms with E-state index in [4.69, 9.17) is 4.74 Å². The fraction of sp³-hybridized carbons (Fsp3) is 0.200. The number of para-hydroxylation sites is 1. The van der Waals surface area contributed by atoms with Crippen molar-refractivity contribution in [3.05, 3.63) is 95.3 Å². The normalized spacial score (nSPS) is 19.5. The van der Waals surface area contributed by atoms with Gasteiger partial charge in [0.2, 0.25) is 0 Å². The predicted molar refractivity (Wildman–Crippen MR) is 122 cm³/mol. The van der Waals surface area contributed by atoms with Crippen molar-refractivity contribution in [3.63, 3.8) is 0 Å². The Bertz CT molecular complexity index is 1200. The van der Waals surface area contributed by atoms with Crippen LogP contribution in [0.15, 0.2) is 72.8 Å². The second-order valence-electron chi connectivity index (χ2n) is 7.72. The topological polar surface area (TPSA) is 49.9 Å². The third-order valence-corrected chi connectivity index (χ3v) is 7.33. The first-order valence-corrected chi connectivity index (χ1v) is 11.3. The summed E-state index contributed by atoms with van der Waals surface area (Å²) >= 11 is 1.47. The molecule has 2 amide bonds. The highest BCUT2D eigenvalue weighted by molar-refractivity contribution is 8.01. The van der Waals surface area contributed by atoms with Gasteiger partial charge < -0.3 is 14.5 Å². The van der Waals surface area contributed by atoms with Crippen molar-refractivity contribution in [2.24, 2.45) is 0 Å². The Morgan fingerprint density at radius 3 is 2.62 bits per heavy atom. The number of methoxy groups -OCH3 is 1. The number of halogens is 1. The first-order chi connectivity index (χ1) is 15.5.